The molecule has 2 rings (SSSR count). The Bertz CT molecular complexity index is 554. The number of ether oxygens (including phenoxy) is 1. The quantitative estimate of drug-likeness (QED) is 0.839. The third kappa shape index (κ3) is 3.72. The van der Waals surface area contributed by atoms with E-state index in [0.29, 0.717) is 23.9 Å². The first kappa shape index (κ1) is 12.9. The van der Waals surface area contributed by atoms with E-state index in [4.69, 9.17) is 4.74 Å². The van der Waals surface area contributed by atoms with Crippen molar-refractivity contribution in [1.82, 2.24) is 9.97 Å². The van der Waals surface area contributed by atoms with Crippen LogP contribution in [0.3, 0.4) is 0 Å². The highest BCUT2D eigenvalue weighted by atomic mass is 32.2. The molecule has 0 bridgehead atoms. The minimum absolute atomic E-state index is 0.138. The Morgan fingerprint density at radius 1 is 1.33 bits per heavy atom. The van der Waals surface area contributed by atoms with Crippen molar-refractivity contribution in [3.8, 4) is 0 Å². The van der Waals surface area contributed by atoms with E-state index < -0.39 is 0 Å². The van der Waals surface area contributed by atoms with Crippen LogP contribution in [0.4, 0.5) is 0 Å². The molecule has 0 amide bonds. The number of benzene rings is 1. The Morgan fingerprint density at radius 3 is 2.83 bits per heavy atom. The van der Waals surface area contributed by atoms with Crippen molar-refractivity contribution in [2.45, 2.75) is 17.3 Å². The molecule has 0 saturated heterocycles. The van der Waals surface area contributed by atoms with Crippen LogP contribution in [-0.4, -0.2) is 17.1 Å². The average molecular weight is 262 g/mol. The molecule has 0 unspecified atom stereocenters. The summed E-state index contributed by atoms with van der Waals surface area (Å²) < 4.78 is 4.98. The lowest BCUT2D eigenvalue weighted by molar-refractivity contribution is 0.181. The summed E-state index contributed by atoms with van der Waals surface area (Å²) in [5.74, 6) is 1.31. The molecule has 0 radical (unpaired) electrons. The van der Waals surface area contributed by atoms with Crippen LogP contribution < -0.4 is 5.56 Å². The first-order valence-electron chi connectivity index (χ1n) is 5.54. The normalized spacial score (nSPS) is 10.5. The predicted molar refractivity (Wildman–Crippen MR) is 71.6 cm³/mol. The molecule has 4 nitrogen and oxygen atoms in total. The Kier molecular flexibility index (Phi) is 4.55. The number of rotatable bonds is 5. The molecule has 0 aliphatic rings. The third-order valence-electron chi connectivity index (χ3n) is 2.25. The summed E-state index contributed by atoms with van der Waals surface area (Å²) in [5, 5.41) is 0. The first-order valence-corrected chi connectivity index (χ1v) is 6.52. The molecule has 1 heterocycles. The highest BCUT2D eigenvalue weighted by molar-refractivity contribution is 7.98. The monoisotopic (exact) mass is 262 g/mol. The standard InChI is InChI=1S/C13H14N2O2S/c1-17-8-10-7-13(16)15-12(14-10)9-18-11-5-3-2-4-6-11/h2-7H,8-9H2,1H3,(H,14,15,16). The zero-order valence-corrected chi connectivity index (χ0v) is 10.9. The fourth-order valence-corrected chi connectivity index (χ4v) is 2.31. The SMILES string of the molecule is COCc1cc(=O)[nH]c(CSc2ccccc2)n1. The van der Waals surface area contributed by atoms with Crippen LogP contribution in [0.1, 0.15) is 11.5 Å². The molecule has 94 valence electrons. The van der Waals surface area contributed by atoms with Gasteiger partial charge >= 0.3 is 0 Å². The van der Waals surface area contributed by atoms with E-state index in [9.17, 15) is 4.79 Å². The predicted octanol–water partition coefficient (Wildman–Crippen LogP) is 2.21. The molecular weight excluding hydrogens is 248 g/mol. The van der Waals surface area contributed by atoms with E-state index in [-0.39, 0.29) is 5.56 Å². The molecule has 1 aromatic carbocycles. The van der Waals surface area contributed by atoms with Crippen molar-refractivity contribution in [3.05, 3.63) is 58.3 Å². The Hall–Kier alpha value is -1.59. The van der Waals surface area contributed by atoms with Gasteiger partial charge in [-0.25, -0.2) is 4.98 Å². The third-order valence-corrected chi connectivity index (χ3v) is 3.28. The fraction of sp³-hybridized carbons (Fsp3) is 0.231. The van der Waals surface area contributed by atoms with E-state index in [1.54, 1.807) is 18.9 Å². The maximum absolute atomic E-state index is 11.4. The van der Waals surface area contributed by atoms with E-state index in [1.807, 2.05) is 30.3 Å². The number of aromatic amines is 1. The summed E-state index contributed by atoms with van der Waals surface area (Å²) in [4.78, 5) is 19.7. The Morgan fingerprint density at radius 2 is 2.11 bits per heavy atom. The summed E-state index contributed by atoms with van der Waals surface area (Å²) in [7, 11) is 1.58. The molecule has 1 aromatic heterocycles. The lowest BCUT2D eigenvalue weighted by Crippen LogP contribution is -2.12. The van der Waals surface area contributed by atoms with Crippen LogP contribution in [0.5, 0.6) is 0 Å². The van der Waals surface area contributed by atoms with Gasteiger partial charge in [0.1, 0.15) is 5.82 Å². The number of nitrogens with zero attached hydrogens (tertiary/aromatic N) is 1. The minimum atomic E-state index is -0.138. The van der Waals surface area contributed by atoms with Gasteiger partial charge in [0, 0.05) is 18.1 Å². The Balaban J connectivity index is 2.07. The zero-order valence-electron chi connectivity index (χ0n) is 10.1. The second-order valence-electron chi connectivity index (χ2n) is 3.72. The first-order chi connectivity index (χ1) is 8.78. The lowest BCUT2D eigenvalue weighted by Gasteiger charge is -2.03. The van der Waals surface area contributed by atoms with Gasteiger partial charge in [0.05, 0.1) is 18.1 Å². The number of methoxy groups -OCH3 is 1. The van der Waals surface area contributed by atoms with Crippen molar-refractivity contribution in [2.24, 2.45) is 0 Å². The number of hydrogen-bond acceptors (Lipinski definition) is 4. The fourth-order valence-electron chi connectivity index (χ4n) is 1.52. The largest absolute Gasteiger partial charge is 0.378 e. The molecule has 18 heavy (non-hydrogen) atoms. The van der Waals surface area contributed by atoms with Gasteiger partial charge in [-0.2, -0.15) is 0 Å². The average Bonchev–Trinajstić information content (AvgIpc) is 2.37. The van der Waals surface area contributed by atoms with Gasteiger partial charge in [0.2, 0.25) is 0 Å². The smallest absolute Gasteiger partial charge is 0.251 e. The second-order valence-corrected chi connectivity index (χ2v) is 4.77. The molecule has 5 heteroatoms. The van der Waals surface area contributed by atoms with Crippen LogP contribution in [0.25, 0.3) is 0 Å². The molecule has 0 fully saturated rings. The van der Waals surface area contributed by atoms with Crippen LogP contribution >= 0.6 is 11.8 Å². The molecule has 1 N–H and O–H groups in total. The van der Waals surface area contributed by atoms with E-state index >= 15 is 0 Å². The van der Waals surface area contributed by atoms with Gasteiger partial charge in [-0.3, -0.25) is 4.79 Å². The zero-order chi connectivity index (χ0) is 12.8. The summed E-state index contributed by atoms with van der Waals surface area (Å²) in [5.41, 5.74) is 0.519. The van der Waals surface area contributed by atoms with E-state index in [2.05, 4.69) is 9.97 Å². The summed E-state index contributed by atoms with van der Waals surface area (Å²) in [6.45, 7) is 0.354. The molecule has 2 aromatic rings. The topological polar surface area (TPSA) is 55.0 Å². The van der Waals surface area contributed by atoms with Gasteiger partial charge in [0.15, 0.2) is 0 Å². The van der Waals surface area contributed by atoms with Gasteiger partial charge in [-0.05, 0) is 12.1 Å². The number of hydrogen-bond donors (Lipinski definition) is 1. The van der Waals surface area contributed by atoms with Crippen LogP contribution in [0.2, 0.25) is 0 Å². The van der Waals surface area contributed by atoms with Gasteiger partial charge < -0.3 is 9.72 Å². The van der Waals surface area contributed by atoms with Crippen LogP contribution in [0.15, 0.2) is 46.1 Å². The number of aromatic nitrogens is 2. The highest BCUT2D eigenvalue weighted by Gasteiger charge is 2.02. The minimum Gasteiger partial charge on any atom is -0.378 e. The highest BCUT2D eigenvalue weighted by Crippen LogP contribution is 2.20. The van der Waals surface area contributed by atoms with Crippen molar-refractivity contribution >= 4 is 11.8 Å². The van der Waals surface area contributed by atoms with Crippen LogP contribution in [0, 0.1) is 0 Å². The molecule has 0 atom stereocenters. The number of H-pyrrole nitrogens is 1. The van der Waals surface area contributed by atoms with Crippen LogP contribution in [-0.2, 0) is 17.1 Å². The maximum atomic E-state index is 11.4. The van der Waals surface area contributed by atoms with Gasteiger partial charge in [-0.1, -0.05) is 18.2 Å². The summed E-state index contributed by atoms with van der Waals surface area (Å²) in [6.07, 6.45) is 0. The molecule has 0 aliphatic heterocycles. The van der Waals surface area contributed by atoms with Crippen molar-refractivity contribution in [2.75, 3.05) is 7.11 Å². The molecular formula is C13H14N2O2S. The molecule has 0 saturated carbocycles. The second kappa shape index (κ2) is 6.37. The Labute approximate surface area is 109 Å². The van der Waals surface area contributed by atoms with Crippen molar-refractivity contribution in [3.63, 3.8) is 0 Å². The lowest BCUT2D eigenvalue weighted by atomic mass is 10.4. The summed E-state index contributed by atoms with van der Waals surface area (Å²) >= 11 is 1.64. The van der Waals surface area contributed by atoms with Gasteiger partial charge in [0.25, 0.3) is 5.56 Å². The maximum Gasteiger partial charge on any atom is 0.251 e. The van der Waals surface area contributed by atoms with Crippen molar-refractivity contribution in [1.29, 1.82) is 0 Å². The number of thioether (sulfide) groups is 1. The van der Waals surface area contributed by atoms with E-state index in [1.165, 1.54) is 6.07 Å². The molecule has 0 spiro atoms. The van der Waals surface area contributed by atoms with Gasteiger partial charge in [-0.15, -0.1) is 11.8 Å². The van der Waals surface area contributed by atoms with Crippen molar-refractivity contribution < 1.29 is 4.74 Å². The molecule has 0 aliphatic carbocycles. The summed E-state index contributed by atoms with van der Waals surface area (Å²) in [6, 6.07) is 11.5. The number of nitrogens with one attached hydrogen (secondary N) is 1. The van der Waals surface area contributed by atoms with E-state index in [0.717, 1.165) is 4.90 Å².